The molecule has 2 aromatic carbocycles. The van der Waals surface area contributed by atoms with E-state index in [9.17, 15) is 9.59 Å². The lowest BCUT2D eigenvalue weighted by Gasteiger charge is -2.21. The Hall–Kier alpha value is -2.82. The van der Waals surface area contributed by atoms with Gasteiger partial charge in [-0.25, -0.2) is 0 Å². The Bertz CT molecular complexity index is 671. The van der Waals surface area contributed by atoms with Gasteiger partial charge in [0.15, 0.2) is 6.61 Å². The first-order chi connectivity index (χ1) is 11.1. The molecule has 0 unspecified atom stereocenters. The second kappa shape index (κ2) is 7.98. The van der Waals surface area contributed by atoms with Gasteiger partial charge >= 0.3 is 0 Å². The van der Waals surface area contributed by atoms with E-state index < -0.39 is 0 Å². The fourth-order valence-electron chi connectivity index (χ4n) is 2.21. The lowest BCUT2D eigenvalue weighted by molar-refractivity contribution is -0.120. The third-order valence-electron chi connectivity index (χ3n) is 3.23. The maximum absolute atomic E-state index is 12.4. The SMILES string of the molecule is CCN(C(=O)COc1ccccc1NC(C)=O)c1ccccc1. The van der Waals surface area contributed by atoms with Crippen LogP contribution in [-0.2, 0) is 9.59 Å². The Morgan fingerprint density at radius 1 is 1.04 bits per heavy atom. The summed E-state index contributed by atoms with van der Waals surface area (Å²) in [5.41, 5.74) is 1.38. The van der Waals surface area contributed by atoms with Crippen LogP contribution in [0.5, 0.6) is 5.75 Å². The predicted octanol–water partition coefficient (Wildman–Crippen LogP) is 3.08. The molecule has 5 nitrogen and oxygen atoms in total. The topological polar surface area (TPSA) is 58.6 Å². The minimum Gasteiger partial charge on any atom is -0.482 e. The van der Waals surface area contributed by atoms with Gasteiger partial charge in [-0.05, 0) is 31.2 Å². The lowest BCUT2D eigenvalue weighted by Crippen LogP contribution is -2.34. The Balaban J connectivity index is 2.05. The van der Waals surface area contributed by atoms with Crippen LogP contribution in [0.2, 0.25) is 0 Å². The molecule has 23 heavy (non-hydrogen) atoms. The monoisotopic (exact) mass is 312 g/mol. The predicted molar refractivity (Wildman–Crippen MR) is 90.7 cm³/mol. The molecule has 2 rings (SSSR count). The van der Waals surface area contributed by atoms with Crippen molar-refractivity contribution in [3.63, 3.8) is 0 Å². The van der Waals surface area contributed by atoms with Crippen molar-refractivity contribution in [1.29, 1.82) is 0 Å². The average Bonchev–Trinajstić information content (AvgIpc) is 2.55. The first kappa shape index (κ1) is 16.5. The molecule has 2 aromatic rings. The number of ether oxygens (including phenoxy) is 1. The molecule has 0 aliphatic heterocycles. The van der Waals surface area contributed by atoms with Crippen LogP contribution in [0.15, 0.2) is 54.6 Å². The van der Waals surface area contributed by atoms with Crippen molar-refractivity contribution in [2.45, 2.75) is 13.8 Å². The Kier molecular flexibility index (Phi) is 5.74. The molecule has 0 aliphatic carbocycles. The number of nitrogens with one attached hydrogen (secondary N) is 1. The molecule has 120 valence electrons. The molecule has 0 fully saturated rings. The molecule has 0 bridgehead atoms. The van der Waals surface area contributed by atoms with Crippen LogP contribution in [0.3, 0.4) is 0 Å². The van der Waals surface area contributed by atoms with Gasteiger partial charge in [0, 0.05) is 19.2 Å². The van der Waals surface area contributed by atoms with Crippen LogP contribution < -0.4 is 15.0 Å². The molecule has 1 N–H and O–H groups in total. The maximum Gasteiger partial charge on any atom is 0.264 e. The van der Waals surface area contributed by atoms with E-state index in [-0.39, 0.29) is 18.4 Å². The summed E-state index contributed by atoms with van der Waals surface area (Å²) in [4.78, 5) is 25.3. The third-order valence-corrected chi connectivity index (χ3v) is 3.23. The number of benzene rings is 2. The second-order valence-electron chi connectivity index (χ2n) is 4.94. The van der Waals surface area contributed by atoms with Crippen LogP contribution in [0.4, 0.5) is 11.4 Å². The zero-order valence-corrected chi connectivity index (χ0v) is 13.3. The highest BCUT2D eigenvalue weighted by atomic mass is 16.5. The summed E-state index contributed by atoms with van der Waals surface area (Å²) in [6.07, 6.45) is 0. The molecule has 0 spiro atoms. The Morgan fingerprint density at radius 2 is 1.70 bits per heavy atom. The number of nitrogens with zero attached hydrogens (tertiary/aromatic N) is 1. The van der Waals surface area contributed by atoms with Gasteiger partial charge in [0.1, 0.15) is 5.75 Å². The summed E-state index contributed by atoms with van der Waals surface area (Å²) >= 11 is 0. The number of anilines is 2. The van der Waals surface area contributed by atoms with E-state index in [1.165, 1.54) is 6.92 Å². The van der Waals surface area contributed by atoms with Gasteiger partial charge in [0.2, 0.25) is 5.91 Å². The fraction of sp³-hybridized carbons (Fsp3) is 0.222. The van der Waals surface area contributed by atoms with E-state index in [1.807, 2.05) is 37.3 Å². The van der Waals surface area contributed by atoms with Gasteiger partial charge in [-0.2, -0.15) is 0 Å². The smallest absolute Gasteiger partial charge is 0.264 e. The number of rotatable bonds is 6. The van der Waals surface area contributed by atoms with Crippen molar-refractivity contribution < 1.29 is 14.3 Å². The van der Waals surface area contributed by atoms with Crippen molar-refractivity contribution in [3.8, 4) is 5.75 Å². The van der Waals surface area contributed by atoms with Gasteiger partial charge in [0.25, 0.3) is 5.91 Å². The number of para-hydroxylation sites is 3. The van der Waals surface area contributed by atoms with Gasteiger partial charge in [-0.15, -0.1) is 0 Å². The summed E-state index contributed by atoms with van der Waals surface area (Å²) in [6.45, 7) is 3.80. The van der Waals surface area contributed by atoms with Gasteiger partial charge in [0.05, 0.1) is 5.69 Å². The molecular weight excluding hydrogens is 292 g/mol. The molecule has 0 atom stereocenters. The molecule has 5 heteroatoms. The highest BCUT2D eigenvalue weighted by molar-refractivity contribution is 5.94. The van der Waals surface area contributed by atoms with E-state index in [2.05, 4.69) is 5.32 Å². The number of hydrogen-bond donors (Lipinski definition) is 1. The first-order valence-electron chi connectivity index (χ1n) is 7.46. The summed E-state index contributed by atoms with van der Waals surface area (Å²) in [5.74, 6) is 0.142. The van der Waals surface area contributed by atoms with E-state index in [0.717, 1.165) is 5.69 Å². The van der Waals surface area contributed by atoms with Gasteiger partial charge < -0.3 is 15.0 Å². The molecule has 2 amide bonds. The van der Waals surface area contributed by atoms with Gasteiger partial charge in [-0.1, -0.05) is 30.3 Å². The standard InChI is InChI=1S/C18H20N2O3/c1-3-20(15-9-5-4-6-10-15)18(22)13-23-17-12-8-7-11-16(17)19-14(2)21/h4-12H,3,13H2,1-2H3,(H,19,21). The van der Waals surface area contributed by atoms with Crippen LogP contribution in [-0.4, -0.2) is 25.0 Å². The van der Waals surface area contributed by atoms with Crippen LogP contribution >= 0.6 is 0 Å². The highest BCUT2D eigenvalue weighted by Crippen LogP contribution is 2.24. The number of likely N-dealkylation sites (N-methyl/N-ethyl adjacent to an activating group) is 1. The van der Waals surface area contributed by atoms with Crippen LogP contribution in [0.1, 0.15) is 13.8 Å². The number of amides is 2. The summed E-state index contributed by atoms with van der Waals surface area (Å²) in [7, 11) is 0. The molecule has 0 saturated carbocycles. The van der Waals surface area contributed by atoms with Crippen molar-refractivity contribution in [1.82, 2.24) is 0 Å². The Morgan fingerprint density at radius 3 is 2.35 bits per heavy atom. The Labute approximate surface area is 135 Å². The zero-order valence-electron chi connectivity index (χ0n) is 13.3. The molecular formula is C18H20N2O3. The van der Waals surface area contributed by atoms with E-state index in [4.69, 9.17) is 4.74 Å². The summed E-state index contributed by atoms with van der Waals surface area (Å²) in [5, 5.41) is 2.68. The summed E-state index contributed by atoms with van der Waals surface area (Å²) in [6, 6.07) is 16.5. The minimum atomic E-state index is -0.188. The second-order valence-corrected chi connectivity index (χ2v) is 4.94. The third kappa shape index (κ3) is 4.57. The zero-order chi connectivity index (χ0) is 16.7. The van der Waals surface area contributed by atoms with E-state index >= 15 is 0 Å². The summed E-state index contributed by atoms with van der Waals surface area (Å²) < 4.78 is 5.60. The maximum atomic E-state index is 12.4. The van der Waals surface area contributed by atoms with Crippen molar-refractivity contribution >= 4 is 23.2 Å². The van der Waals surface area contributed by atoms with Crippen LogP contribution in [0.25, 0.3) is 0 Å². The van der Waals surface area contributed by atoms with Crippen LogP contribution in [0, 0.1) is 0 Å². The quantitative estimate of drug-likeness (QED) is 0.892. The fourth-order valence-corrected chi connectivity index (χ4v) is 2.21. The molecule has 0 saturated heterocycles. The highest BCUT2D eigenvalue weighted by Gasteiger charge is 2.15. The van der Waals surface area contributed by atoms with E-state index in [1.54, 1.807) is 29.2 Å². The first-order valence-corrected chi connectivity index (χ1v) is 7.46. The van der Waals surface area contributed by atoms with Gasteiger partial charge in [-0.3, -0.25) is 9.59 Å². The molecule has 0 heterocycles. The largest absolute Gasteiger partial charge is 0.482 e. The van der Waals surface area contributed by atoms with Crippen molar-refractivity contribution in [3.05, 3.63) is 54.6 Å². The number of hydrogen-bond acceptors (Lipinski definition) is 3. The molecule has 0 radical (unpaired) electrons. The van der Waals surface area contributed by atoms with Crippen molar-refractivity contribution in [2.75, 3.05) is 23.4 Å². The average molecular weight is 312 g/mol. The molecule has 0 aliphatic rings. The number of carbonyl (C=O) groups excluding carboxylic acids is 2. The number of carbonyl (C=O) groups is 2. The minimum absolute atomic E-state index is 0.0979. The van der Waals surface area contributed by atoms with E-state index in [0.29, 0.717) is 18.0 Å². The van der Waals surface area contributed by atoms with Crippen molar-refractivity contribution in [2.24, 2.45) is 0 Å². The lowest BCUT2D eigenvalue weighted by atomic mass is 10.2. The molecule has 0 aromatic heterocycles. The normalized spacial score (nSPS) is 10.0.